The highest BCUT2D eigenvalue weighted by atomic mass is 19.1. The zero-order valence-electron chi connectivity index (χ0n) is 12.6. The van der Waals surface area contributed by atoms with Crippen molar-refractivity contribution in [2.75, 3.05) is 0 Å². The molecule has 118 valence electrons. The molecule has 0 aliphatic rings. The Morgan fingerprint density at radius 1 is 0.917 bits per heavy atom. The van der Waals surface area contributed by atoms with Gasteiger partial charge in [0.1, 0.15) is 12.4 Å². The monoisotopic (exact) mass is 320 g/mol. The van der Waals surface area contributed by atoms with Gasteiger partial charge in [-0.05, 0) is 24.3 Å². The largest absolute Gasteiger partial charge is 0.487 e. The lowest BCUT2D eigenvalue weighted by atomic mass is 10.1. The second kappa shape index (κ2) is 6.08. The van der Waals surface area contributed by atoms with Gasteiger partial charge in [-0.2, -0.15) is 4.39 Å². The van der Waals surface area contributed by atoms with E-state index >= 15 is 0 Å². The maximum Gasteiger partial charge on any atom is 0.234 e. The fraction of sp³-hybridized carbons (Fsp3) is 0.0556. The van der Waals surface area contributed by atoms with Crippen LogP contribution in [-0.4, -0.2) is 19.4 Å². The molecule has 4 rings (SSSR count). The minimum atomic E-state index is -0.504. The summed E-state index contributed by atoms with van der Waals surface area (Å²) >= 11 is 0. The Morgan fingerprint density at radius 2 is 1.75 bits per heavy atom. The third-order valence-corrected chi connectivity index (χ3v) is 3.55. The number of nitrogens with zero attached hydrogens (tertiary/aromatic N) is 4. The van der Waals surface area contributed by atoms with Crippen LogP contribution in [0.2, 0.25) is 0 Å². The first-order valence-corrected chi connectivity index (χ1v) is 7.41. The van der Waals surface area contributed by atoms with Crippen molar-refractivity contribution in [3.05, 3.63) is 78.9 Å². The lowest BCUT2D eigenvalue weighted by molar-refractivity contribution is 0.302. The number of ether oxygens (including phenoxy) is 1. The van der Waals surface area contributed by atoms with E-state index < -0.39 is 5.95 Å². The zero-order chi connectivity index (χ0) is 16.4. The minimum absolute atomic E-state index is 0.362. The topological polar surface area (TPSA) is 52.3 Å². The van der Waals surface area contributed by atoms with E-state index in [1.54, 1.807) is 12.3 Å². The maximum absolute atomic E-state index is 12.9. The van der Waals surface area contributed by atoms with Gasteiger partial charge in [0.05, 0.1) is 5.69 Å². The highest BCUT2D eigenvalue weighted by Crippen LogP contribution is 2.18. The standard InChI is InChI=1S/C18H13FN4O/c19-17-7-6-13(8-20-17)14-9-21-18-22-15(11-23(18)10-14)12-24-16-4-2-1-3-5-16/h1-11H,12H2. The van der Waals surface area contributed by atoms with Gasteiger partial charge in [-0.1, -0.05) is 18.2 Å². The second-order valence-corrected chi connectivity index (χ2v) is 5.25. The predicted molar refractivity (Wildman–Crippen MR) is 87.0 cm³/mol. The maximum atomic E-state index is 12.9. The van der Waals surface area contributed by atoms with E-state index in [2.05, 4.69) is 15.0 Å². The summed E-state index contributed by atoms with van der Waals surface area (Å²) in [7, 11) is 0. The van der Waals surface area contributed by atoms with Crippen LogP contribution in [0.4, 0.5) is 4.39 Å². The van der Waals surface area contributed by atoms with Crippen LogP contribution >= 0.6 is 0 Å². The van der Waals surface area contributed by atoms with Gasteiger partial charge >= 0.3 is 0 Å². The quantitative estimate of drug-likeness (QED) is 0.540. The number of hydrogen-bond acceptors (Lipinski definition) is 4. The van der Waals surface area contributed by atoms with Gasteiger partial charge in [-0.15, -0.1) is 0 Å². The molecule has 0 unspecified atom stereocenters. The van der Waals surface area contributed by atoms with E-state index in [1.165, 1.54) is 12.3 Å². The molecule has 5 nitrogen and oxygen atoms in total. The van der Waals surface area contributed by atoms with Crippen molar-refractivity contribution in [2.45, 2.75) is 6.61 Å². The van der Waals surface area contributed by atoms with Crippen molar-refractivity contribution >= 4 is 5.78 Å². The highest BCUT2D eigenvalue weighted by Gasteiger charge is 2.06. The van der Waals surface area contributed by atoms with E-state index in [9.17, 15) is 4.39 Å². The second-order valence-electron chi connectivity index (χ2n) is 5.25. The first-order valence-electron chi connectivity index (χ1n) is 7.41. The molecule has 4 aromatic rings. The fourth-order valence-electron chi connectivity index (χ4n) is 2.37. The molecule has 0 fully saturated rings. The molecular weight excluding hydrogens is 307 g/mol. The molecule has 0 atom stereocenters. The SMILES string of the molecule is Fc1ccc(-c2cnc3nc(COc4ccccc4)cn3c2)cn1. The number of benzene rings is 1. The van der Waals surface area contributed by atoms with E-state index in [0.717, 1.165) is 22.6 Å². The number of fused-ring (bicyclic) bond motifs is 1. The Kier molecular flexibility index (Phi) is 3.63. The lowest BCUT2D eigenvalue weighted by Gasteiger charge is -2.02. The van der Waals surface area contributed by atoms with Crippen LogP contribution < -0.4 is 4.74 Å². The molecular formula is C18H13FN4O. The molecule has 0 aliphatic carbocycles. The van der Waals surface area contributed by atoms with Crippen LogP contribution in [0.1, 0.15) is 5.69 Å². The van der Waals surface area contributed by atoms with Gasteiger partial charge in [0.25, 0.3) is 0 Å². The van der Waals surface area contributed by atoms with E-state index in [4.69, 9.17) is 4.74 Å². The first kappa shape index (κ1) is 14.3. The van der Waals surface area contributed by atoms with Crippen LogP contribution in [0, 0.1) is 5.95 Å². The van der Waals surface area contributed by atoms with E-state index in [1.807, 2.05) is 47.1 Å². The summed E-state index contributed by atoms with van der Waals surface area (Å²) in [6, 6.07) is 12.6. The summed E-state index contributed by atoms with van der Waals surface area (Å²) in [5.41, 5.74) is 2.41. The average Bonchev–Trinajstić information content (AvgIpc) is 3.03. The molecule has 0 saturated heterocycles. The summed E-state index contributed by atoms with van der Waals surface area (Å²) in [4.78, 5) is 12.4. The van der Waals surface area contributed by atoms with E-state index in [-0.39, 0.29) is 0 Å². The molecule has 24 heavy (non-hydrogen) atoms. The average molecular weight is 320 g/mol. The molecule has 0 radical (unpaired) electrons. The summed E-state index contributed by atoms with van der Waals surface area (Å²) in [6.45, 7) is 0.362. The molecule has 1 aromatic carbocycles. The number of hydrogen-bond donors (Lipinski definition) is 0. The van der Waals surface area contributed by atoms with Gasteiger partial charge in [0.2, 0.25) is 11.7 Å². The highest BCUT2D eigenvalue weighted by molar-refractivity contribution is 5.61. The zero-order valence-corrected chi connectivity index (χ0v) is 12.6. The summed E-state index contributed by atoms with van der Waals surface area (Å²) < 4.78 is 20.4. The summed E-state index contributed by atoms with van der Waals surface area (Å²) in [5.74, 6) is 0.872. The van der Waals surface area contributed by atoms with Gasteiger partial charge in [-0.3, -0.25) is 4.40 Å². The van der Waals surface area contributed by atoms with Crippen LogP contribution in [-0.2, 0) is 6.61 Å². The van der Waals surface area contributed by atoms with Crippen molar-refractivity contribution < 1.29 is 9.13 Å². The number of imidazole rings is 1. The van der Waals surface area contributed by atoms with Crippen LogP contribution in [0.15, 0.2) is 67.3 Å². The smallest absolute Gasteiger partial charge is 0.234 e. The molecule has 3 aromatic heterocycles. The van der Waals surface area contributed by atoms with Crippen molar-refractivity contribution in [2.24, 2.45) is 0 Å². The van der Waals surface area contributed by atoms with E-state index in [0.29, 0.717) is 12.4 Å². The normalized spacial score (nSPS) is 10.9. The predicted octanol–water partition coefficient (Wildman–Crippen LogP) is 3.51. The molecule has 0 N–H and O–H groups in total. The number of pyridine rings is 1. The van der Waals surface area contributed by atoms with Gasteiger partial charge in [0.15, 0.2) is 0 Å². The Morgan fingerprint density at radius 3 is 2.54 bits per heavy atom. The van der Waals surface area contributed by atoms with Crippen molar-refractivity contribution in [3.63, 3.8) is 0 Å². The Labute approximate surface area is 137 Å². The molecule has 0 aliphatic heterocycles. The number of rotatable bonds is 4. The number of para-hydroxylation sites is 1. The van der Waals surface area contributed by atoms with Crippen LogP contribution in [0.5, 0.6) is 5.75 Å². The van der Waals surface area contributed by atoms with Gasteiger partial charge in [0, 0.05) is 35.9 Å². The van der Waals surface area contributed by atoms with Crippen LogP contribution in [0.3, 0.4) is 0 Å². The molecule has 0 bridgehead atoms. The fourth-order valence-corrected chi connectivity index (χ4v) is 2.37. The molecule has 6 heteroatoms. The van der Waals surface area contributed by atoms with Crippen molar-refractivity contribution in [1.82, 2.24) is 19.4 Å². The molecule has 3 heterocycles. The molecule has 0 spiro atoms. The Hall–Kier alpha value is -3.28. The third-order valence-electron chi connectivity index (χ3n) is 3.55. The summed E-state index contributed by atoms with van der Waals surface area (Å²) in [5, 5.41) is 0. The Balaban J connectivity index is 1.58. The third kappa shape index (κ3) is 2.94. The van der Waals surface area contributed by atoms with Gasteiger partial charge < -0.3 is 4.74 Å². The Bertz CT molecular complexity index is 967. The van der Waals surface area contributed by atoms with Crippen molar-refractivity contribution in [3.8, 4) is 16.9 Å². The minimum Gasteiger partial charge on any atom is -0.487 e. The van der Waals surface area contributed by atoms with Crippen molar-refractivity contribution in [1.29, 1.82) is 0 Å². The number of aromatic nitrogens is 4. The number of halogens is 1. The lowest BCUT2D eigenvalue weighted by Crippen LogP contribution is -1.94. The first-order chi connectivity index (χ1) is 11.8. The summed E-state index contributed by atoms with van der Waals surface area (Å²) in [6.07, 6.45) is 6.93. The molecule has 0 saturated carbocycles. The van der Waals surface area contributed by atoms with Gasteiger partial charge in [-0.25, -0.2) is 15.0 Å². The van der Waals surface area contributed by atoms with Crippen LogP contribution in [0.25, 0.3) is 16.9 Å². The molecule has 0 amide bonds.